The Labute approximate surface area is 168 Å². The van der Waals surface area contributed by atoms with Crippen LogP contribution in [0.4, 0.5) is 0 Å². The molecule has 1 heterocycles. The van der Waals surface area contributed by atoms with Gasteiger partial charge in [-0.25, -0.2) is 0 Å². The standard InChI is InChI=1S/C25H30N2O/c1-5-8-17-27-24-12-9-11-22(25(24)19(4)26-27)18-28-23-15-13-21(14-16-23)20(7-3)10-6-2/h9,11-16,20H,5,7-8,17-18H2,1-4H3/t20-/m1/s1. The molecule has 0 bridgehead atoms. The zero-order valence-corrected chi connectivity index (χ0v) is 17.5. The van der Waals surface area contributed by atoms with Gasteiger partial charge in [-0.3, -0.25) is 4.68 Å². The second kappa shape index (κ2) is 9.46. The lowest BCUT2D eigenvalue weighted by molar-refractivity contribution is 0.307. The highest BCUT2D eigenvalue weighted by Gasteiger charge is 2.12. The number of hydrogen-bond donors (Lipinski definition) is 0. The van der Waals surface area contributed by atoms with Gasteiger partial charge in [0, 0.05) is 23.4 Å². The molecule has 0 saturated heterocycles. The van der Waals surface area contributed by atoms with Crippen molar-refractivity contribution in [2.24, 2.45) is 0 Å². The van der Waals surface area contributed by atoms with Gasteiger partial charge in [0.1, 0.15) is 12.4 Å². The van der Waals surface area contributed by atoms with Crippen molar-refractivity contribution in [2.45, 2.75) is 66.0 Å². The Bertz CT molecular complexity index is 973. The average molecular weight is 375 g/mol. The summed E-state index contributed by atoms with van der Waals surface area (Å²) in [5.41, 5.74) is 4.71. The number of fused-ring (bicyclic) bond motifs is 1. The largest absolute Gasteiger partial charge is 0.489 e. The lowest BCUT2D eigenvalue weighted by Crippen LogP contribution is -2.00. The molecule has 3 rings (SSSR count). The van der Waals surface area contributed by atoms with E-state index in [2.05, 4.69) is 67.6 Å². The van der Waals surface area contributed by atoms with Gasteiger partial charge in [-0.15, -0.1) is 5.92 Å². The van der Waals surface area contributed by atoms with E-state index in [1.54, 1.807) is 0 Å². The smallest absolute Gasteiger partial charge is 0.119 e. The fourth-order valence-electron chi connectivity index (χ4n) is 3.66. The van der Waals surface area contributed by atoms with Gasteiger partial charge in [0.2, 0.25) is 0 Å². The van der Waals surface area contributed by atoms with Crippen LogP contribution in [0.2, 0.25) is 0 Å². The van der Waals surface area contributed by atoms with E-state index in [0.717, 1.165) is 30.8 Å². The van der Waals surface area contributed by atoms with E-state index < -0.39 is 0 Å². The van der Waals surface area contributed by atoms with Crippen molar-refractivity contribution < 1.29 is 4.74 Å². The summed E-state index contributed by atoms with van der Waals surface area (Å²) in [6.07, 6.45) is 3.33. The monoisotopic (exact) mass is 374 g/mol. The van der Waals surface area contributed by atoms with Gasteiger partial charge in [-0.05, 0) is 50.5 Å². The summed E-state index contributed by atoms with van der Waals surface area (Å²) >= 11 is 0. The minimum Gasteiger partial charge on any atom is -0.489 e. The molecular weight excluding hydrogens is 344 g/mol. The Morgan fingerprint density at radius 2 is 1.89 bits per heavy atom. The molecular formula is C25H30N2O. The van der Waals surface area contributed by atoms with Crippen molar-refractivity contribution in [1.29, 1.82) is 0 Å². The Hall–Kier alpha value is -2.73. The molecule has 0 amide bonds. The number of benzene rings is 2. The first-order valence-corrected chi connectivity index (χ1v) is 10.3. The fraction of sp³-hybridized carbons (Fsp3) is 0.400. The van der Waals surface area contributed by atoms with Crippen LogP contribution in [-0.4, -0.2) is 9.78 Å². The van der Waals surface area contributed by atoms with Crippen LogP contribution in [-0.2, 0) is 13.2 Å². The summed E-state index contributed by atoms with van der Waals surface area (Å²) in [6.45, 7) is 9.87. The van der Waals surface area contributed by atoms with E-state index >= 15 is 0 Å². The highest BCUT2D eigenvalue weighted by Crippen LogP contribution is 2.26. The SMILES string of the molecule is CC#C[C@@H](CC)c1ccc(OCc2cccc3c2c(C)nn3CCCC)cc1. The lowest BCUT2D eigenvalue weighted by Gasteiger charge is -2.11. The van der Waals surface area contributed by atoms with Crippen molar-refractivity contribution >= 4 is 10.9 Å². The summed E-state index contributed by atoms with van der Waals surface area (Å²) < 4.78 is 8.23. The van der Waals surface area contributed by atoms with Crippen molar-refractivity contribution in [2.75, 3.05) is 0 Å². The summed E-state index contributed by atoms with van der Waals surface area (Å²) in [5.74, 6) is 7.48. The molecule has 0 aliphatic heterocycles. The summed E-state index contributed by atoms with van der Waals surface area (Å²) in [6, 6.07) is 14.7. The minimum absolute atomic E-state index is 0.296. The molecule has 146 valence electrons. The first kappa shape index (κ1) is 20.0. The van der Waals surface area contributed by atoms with Crippen molar-refractivity contribution in [3.63, 3.8) is 0 Å². The molecule has 1 atom stereocenters. The van der Waals surface area contributed by atoms with Gasteiger partial charge in [0.05, 0.1) is 11.2 Å². The topological polar surface area (TPSA) is 27.1 Å². The molecule has 0 fully saturated rings. The molecule has 3 aromatic rings. The molecule has 0 saturated carbocycles. The third kappa shape index (κ3) is 4.39. The van der Waals surface area contributed by atoms with Gasteiger partial charge in [-0.1, -0.05) is 50.5 Å². The van der Waals surface area contributed by atoms with Crippen LogP contribution in [0.15, 0.2) is 42.5 Å². The fourth-order valence-corrected chi connectivity index (χ4v) is 3.66. The number of rotatable bonds is 8. The van der Waals surface area contributed by atoms with Crippen molar-refractivity contribution in [3.8, 4) is 17.6 Å². The van der Waals surface area contributed by atoms with E-state index in [-0.39, 0.29) is 0 Å². The van der Waals surface area contributed by atoms with Crippen LogP contribution < -0.4 is 4.74 Å². The van der Waals surface area contributed by atoms with Crippen molar-refractivity contribution in [1.82, 2.24) is 9.78 Å². The molecule has 3 heteroatoms. The van der Waals surface area contributed by atoms with Gasteiger partial charge >= 0.3 is 0 Å². The number of aryl methyl sites for hydroxylation is 2. The number of hydrogen-bond acceptors (Lipinski definition) is 2. The van der Waals surface area contributed by atoms with E-state index in [0.29, 0.717) is 12.5 Å². The minimum atomic E-state index is 0.296. The van der Waals surface area contributed by atoms with E-state index in [9.17, 15) is 0 Å². The van der Waals surface area contributed by atoms with Crippen LogP contribution in [0.1, 0.15) is 62.8 Å². The van der Waals surface area contributed by atoms with E-state index in [1.807, 2.05) is 19.1 Å². The van der Waals surface area contributed by atoms with Gasteiger partial charge in [0.25, 0.3) is 0 Å². The number of ether oxygens (including phenoxy) is 1. The van der Waals surface area contributed by atoms with Crippen LogP contribution in [0.25, 0.3) is 10.9 Å². The normalized spacial score (nSPS) is 11.9. The predicted molar refractivity (Wildman–Crippen MR) is 117 cm³/mol. The molecule has 0 N–H and O–H groups in total. The van der Waals surface area contributed by atoms with Crippen LogP contribution in [0.3, 0.4) is 0 Å². The first-order valence-electron chi connectivity index (χ1n) is 10.3. The van der Waals surface area contributed by atoms with Gasteiger partial charge in [-0.2, -0.15) is 5.10 Å². The van der Waals surface area contributed by atoms with Crippen LogP contribution in [0, 0.1) is 18.8 Å². The Kier molecular flexibility index (Phi) is 6.76. The van der Waals surface area contributed by atoms with E-state index in [1.165, 1.54) is 28.5 Å². The van der Waals surface area contributed by atoms with E-state index in [4.69, 9.17) is 9.84 Å². The summed E-state index contributed by atoms with van der Waals surface area (Å²) in [4.78, 5) is 0. The number of nitrogens with zero attached hydrogens (tertiary/aromatic N) is 2. The first-order chi connectivity index (χ1) is 13.7. The zero-order chi connectivity index (χ0) is 19.9. The van der Waals surface area contributed by atoms with Gasteiger partial charge < -0.3 is 4.74 Å². The third-order valence-corrected chi connectivity index (χ3v) is 5.17. The van der Waals surface area contributed by atoms with Crippen molar-refractivity contribution in [3.05, 3.63) is 59.3 Å². The Morgan fingerprint density at radius 3 is 2.57 bits per heavy atom. The molecule has 1 aromatic heterocycles. The highest BCUT2D eigenvalue weighted by molar-refractivity contribution is 5.85. The number of aromatic nitrogens is 2. The molecule has 2 aromatic carbocycles. The predicted octanol–water partition coefficient (Wildman–Crippen LogP) is 6.24. The molecule has 0 radical (unpaired) electrons. The van der Waals surface area contributed by atoms with Crippen LogP contribution in [0.5, 0.6) is 5.75 Å². The molecule has 0 aliphatic rings. The molecule has 0 aliphatic carbocycles. The Balaban J connectivity index is 1.76. The van der Waals surface area contributed by atoms with Crippen LogP contribution >= 0.6 is 0 Å². The molecule has 28 heavy (non-hydrogen) atoms. The second-order valence-corrected chi connectivity index (χ2v) is 7.19. The zero-order valence-electron chi connectivity index (χ0n) is 17.5. The highest BCUT2D eigenvalue weighted by atomic mass is 16.5. The van der Waals surface area contributed by atoms with Gasteiger partial charge in [0.15, 0.2) is 0 Å². The molecule has 0 unspecified atom stereocenters. The molecule has 0 spiro atoms. The summed E-state index contributed by atoms with van der Waals surface area (Å²) in [5, 5.41) is 5.97. The maximum Gasteiger partial charge on any atom is 0.119 e. The quantitative estimate of drug-likeness (QED) is 0.436. The molecule has 3 nitrogen and oxygen atoms in total. The summed E-state index contributed by atoms with van der Waals surface area (Å²) in [7, 11) is 0. The maximum absolute atomic E-state index is 6.10. The third-order valence-electron chi connectivity index (χ3n) is 5.17. The average Bonchev–Trinajstić information content (AvgIpc) is 3.05. The lowest BCUT2D eigenvalue weighted by atomic mass is 9.97. The maximum atomic E-state index is 6.10. The Morgan fingerprint density at radius 1 is 1.11 bits per heavy atom. The second-order valence-electron chi connectivity index (χ2n) is 7.19. The number of unbranched alkanes of at least 4 members (excludes halogenated alkanes) is 1.